The predicted molar refractivity (Wildman–Crippen MR) is 52.2 cm³/mol. The zero-order chi connectivity index (χ0) is 8.81. The second-order valence-electron chi connectivity index (χ2n) is 3.43. The van der Waals surface area contributed by atoms with E-state index in [1.165, 1.54) is 32.1 Å². The van der Waals surface area contributed by atoms with Crippen LogP contribution in [0.15, 0.2) is 24.4 Å². The van der Waals surface area contributed by atoms with E-state index < -0.39 is 0 Å². The second-order valence-corrected chi connectivity index (χ2v) is 3.43. The Morgan fingerprint density at radius 2 is 2.00 bits per heavy atom. The van der Waals surface area contributed by atoms with E-state index in [0.717, 1.165) is 11.6 Å². The van der Waals surface area contributed by atoms with Crippen LogP contribution in [0, 0.1) is 5.92 Å². The topological polar surface area (TPSA) is 38.0 Å². The van der Waals surface area contributed by atoms with E-state index in [2.05, 4.69) is 18.1 Å². The van der Waals surface area contributed by atoms with Crippen molar-refractivity contribution >= 4 is 0 Å². The summed E-state index contributed by atoms with van der Waals surface area (Å²) >= 11 is 0. The van der Waals surface area contributed by atoms with Crippen LogP contribution in [-0.2, 0) is 0 Å². The number of nitrogens with one attached hydrogen (secondary N) is 1. The molecule has 0 aromatic carbocycles. The first-order valence-electron chi connectivity index (χ1n) is 4.66. The summed E-state index contributed by atoms with van der Waals surface area (Å²) < 4.78 is 0. The largest absolute Gasteiger partial charge is 0.325 e. The summed E-state index contributed by atoms with van der Waals surface area (Å²) in [6.45, 7) is 3.73. The quantitative estimate of drug-likeness (QED) is 0.383. The van der Waals surface area contributed by atoms with Crippen molar-refractivity contribution in [2.75, 3.05) is 0 Å². The molecule has 2 heteroatoms. The lowest BCUT2D eigenvalue weighted by atomic mass is 9.89. The van der Waals surface area contributed by atoms with Gasteiger partial charge in [0, 0.05) is 5.70 Å². The van der Waals surface area contributed by atoms with Crippen molar-refractivity contribution in [3.05, 3.63) is 24.4 Å². The minimum Gasteiger partial charge on any atom is -0.325 e. The summed E-state index contributed by atoms with van der Waals surface area (Å²) in [4.78, 5) is 0. The second kappa shape index (κ2) is 4.99. The highest BCUT2D eigenvalue weighted by Crippen LogP contribution is 2.24. The molecule has 0 heterocycles. The van der Waals surface area contributed by atoms with E-state index in [1.54, 1.807) is 0 Å². The van der Waals surface area contributed by atoms with E-state index in [0.29, 0.717) is 0 Å². The fraction of sp³-hybridized carbons (Fsp3) is 0.600. The van der Waals surface area contributed by atoms with Gasteiger partial charge in [0.25, 0.3) is 0 Å². The van der Waals surface area contributed by atoms with Crippen molar-refractivity contribution < 1.29 is 0 Å². The Hall–Kier alpha value is -0.760. The Bertz CT molecular complexity index is 167. The zero-order valence-corrected chi connectivity index (χ0v) is 7.55. The maximum Gasteiger partial charge on any atom is 0.0410 e. The predicted octanol–water partition coefficient (Wildman–Crippen LogP) is 2.10. The number of allylic oxidation sites excluding steroid dienone is 2. The van der Waals surface area contributed by atoms with Gasteiger partial charge in [-0.05, 0) is 24.8 Å². The third-order valence-electron chi connectivity index (χ3n) is 2.40. The van der Waals surface area contributed by atoms with Crippen LogP contribution in [0.1, 0.15) is 32.1 Å². The molecule has 68 valence electrons. The van der Waals surface area contributed by atoms with Crippen LogP contribution < -0.4 is 11.3 Å². The third kappa shape index (κ3) is 3.09. The highest BCUT2D eigenvalue weighted by Gasteiger charge is 2.09. The van der Waals surface area contributed by atoms with Crippen LogP contribution in [-0.4, -0.2) is 0 Å². The van der Waals surface area contributed by atoms with Crippen molar-refractivity contribution in [2.24, 2.45) is 11.8 Å². The summed E-state index contributed by atoms with van der Waals surface area (Å²) in [6.07, 6.45) is 11.0. The Morgan fingerprint density at radius 3 is 2.58 bits per heavy atom. The van der Waals surface area contributed by atoms with Crippen molar-refractivity contribution in [1.82, 2.24) is 5.43 Å². The monoisotopic (exact) mass is 166 g/mol. The molecular weight excluding hydrogens is 148 g/mol. The lowest BCUT2D eigenvalue weighted by Crippen LogP contribution is -2.18. The number of hydrazine groups is 1. The average Bonchev–Trinajstić information content (AvgIpc) is 2.16. The minimum atomic E-state index is 0.754. The van der Waals surface area contributed by atoms with Crippen molar-refractivity contribution in [2.45, 2.75) is 32.1 Å². The molecule has 0 amide bonds. The van der Waals surface area contributed by atoms with Gasteiger partial charge in [-0.1, -0.05) is 31.9 Å². The van der Waals surface area contributed by atoms with E-state index in [4.69, 9.17) is 5.84 Å². The molecule has 0 unspecified atom stereocenters. The number of hydrogen-bond donors (Lipinski definition) is 2. The minimum absolute atomic E-state index is 0.754. The molecule has 0 atom stereocenters. The van der Waals surface area contributed by atoms with Crippen molar-refractivity contribution in [1.29, 1.82) is 0 Å². The molecule has 3 N–H and O–H groups in total. The molecule has 1 fully saturated rings. The van der Waals surface area contributed by atoms with E-state index in [1.807, 2.05) is 6.08 Å². The van der Waals surface area contributed by atoms with Crippen LogP contribution in [0.3, 0.4) is 0 Å². The van der Waals surface area contributed by atoms with Gasteiger partial charge in [-0.3, -0.25) is 5.84 Å². The molecule has 1 rings (SSSR count). The first-order chi connectivity index (χ1) is 5.83. The smallest absolute Gasteiger partial charge is 0.0410 e. The van der Waals surface area contributed by atoms with Gasteiger partial charge in [0.2, 0.25) is 0 Å². The molecule has 1 aliphatic carbocycles. The molecule has 0 bridgehead atoms. The fourth-order valence-corrected chi connectivity index (χ4v) is 1.63. The van der Waals surface area contributed by atoms with Crippen LogP contribution >= 0.6 is 0 Å². The number of hydrogen-bond acceptors (Lipinski definition) is 2. The van der Waals surface area contributed by atoms with E-state index >= 15 is 0 Å². The lowest BCUT2D eigenvalue weighted by molar-refractivity contribution is 0.419. The molecule has 0 saturated heterocycles. The zero-order valence-electron chi connectivity index (χ0n) is 7.55. The molecular formula is C10H18N2. The summed E-state index contributed by atoms with van der Waals surface area (Å²) in [6, 6.07) is 0. The van der Waals surface area contributed by atoms with Crippen LogP contribution in [0.25, 0.3) is 0 Å². The van der Waals surface area contributed by atoms with Crippen LogP contribution in [0.4, 0.5) is 0 Å². The molecule has 2 nitrogen and oxygen atoms in total. The first-order valence-corrected chi connectivity index (χ1v) is 4.66. The molecule has 1 aliphatic rings. The van der Waals surface area contributed by atoms with Crippen LogP contribution in [0.5, 0.6) is 0 Å². The Balaban J connectivity index is 2.28. The molecule has 0 spiro atoms. The van der Waals surface area contributed by atoms with Gasteiger partial charge in [0.15, 0.2) is 0 Å². The average molecular weight is 166 g/mol. The van der Waals surface area contributed by atoms with Gasteiger partial charge in [0.05, 0.1) is 0 Å². The number of nitrogens with two attached hydrogens (primary N) is 1. The van der Waals surface area contributed by atoms with Crippen LogP contribution in [0.2, 0.25) is 0 Å². The molecule has 0 aliphatic heterocycles. The normalized spacial score (nSPS) is 19.8. The number of rotatable bonds is 3. The van der Waals surface area contributed by atoms with Crippen molar-refractivity contribution in [3.63, 3.8) is 0 Å². The highest BCUT2D eigenvalue weighted by molar-refractivity contribution is 5.12. The SMILES string of the molecule is C=C(/C=C/C1CCCCC1)NN. The Kier molecular flexibility index (Phi) is 3.88. The summed E-state index contributed by atoms with van der Waals surface area (Å²) in [5, 5.41) is 0. The third-order valence-corrected chi connectivity index (χ3v) is 2.40. The highest BCUT2D eigenvalue weighted by atomic mass is 15.2. The summed E-state index contributed by atoms with van der Waals surface area (Å²) in [5.74, 6) is 5.94. The molecule has 0 radical (unpaired) electrons. The molecule has 0 aromatic rings. The van der Waals surface area contributed by atoms with Gasteiger partial charge < -0.3 is 5.43 Å². The van der Waals surface area contributed by atoms with Gasteiger partial charge in [-0.2, -0.15) is 0 Å². The molecule has 12 heavy (non-hydrogen) atoms. The lowest BCUT2D eigenvalue weighted by Gasteiger charge is -2.17. The summed E-state index contributed by atoms with van der Waals surface area (Å²) in [5.41, 5.74) is 3.32. The Morgan fingerprint density at radius 1 is 1.33 bits per heavy atom. The van der Waals surface area contributed by atoms with Gasteiger partial charge in [-0.25, -0.2) is 0 Å². The Labute approximate surface area is 74.5 Å². The standard InChI is InChI=1S/C10H18N2/c1-9(12-11)7-8-10-5-3-2-4-6-10/h7-8,10,12H,1-6,11H2/b8-7+. The van der Waals surface area contributed by atoms with E-state index in [9.17, 15) is 0 Å². The van der Waals surface area contributed by atoms with Crippen molar-refractivity contribution in [3.8, 4) is 0 Å². The maximum absolute atomic E-state index is 5.19. The van der Waals surface area contributed by atoms with E-state index in [-0.39, 0.29) is 0 Å². The summed E-state index contributed by atoms with van der Waals surface area (Å²) in [7, 11) is 0. The first kappa shape index (κ1) is 9.33. The maximum atomic E-state index is 5.19. The fourth-order valence-electron chi connectivity index (χ4n) is 1.63. The van der Waals surface area contributed by atoms with Gasteiger partial charge >= 0.3 is 0 Å². The van der Waals surface area contributed by atoms with Gasteiger partial charge in [0.1, 0.15) is 0 Å². The molecule has 0 aromatic heterocycles. The van der Waals surface area contributed by atoms with Gasteiger partial charge in [-0.15, -0.1) is 0 Å². The molecule has 1 saturated carbocycles.